The molecule has 0 aromatic carbocycles. The monoisotopic (exact) mass is 234 g/mol. The molecule has 1 saturated carbocycles. The number of nitrogens with zero attached hydrogens (tertiary/aromatic N) is 1. The van der Waals surface area contributed by atoms with E-state index in [-0.39, 0.29) is 6.04 Å². The lowest BCUT2D eigenvalue weighted by Gasteiger charge is -2.20. The van der Waals surface area contributed by atoms with Crippen LogP contribution in [0.5, 0.6) is 0 Å². The number of rotatable bonds is 4. The van der Waals surface area contributed by atoms with Crippen LogP contribution in [0, 0.1) is 0 Å². The van der Waals surface area contributed by atoms with Gasteiger partial charge in [0.05, 0.1) is 0 Å². The Morgan fingerprint density at radius 3 is 2.53 bits per heavy atom. The summed E-state index contributed by atoms with van der Waals surface area (Å²) in [6.45, 7) is 0.305. The Bertz CT molecular complexity index is 363. The summed E-state index contributed by atoms with van der Waals surface area (Å²) < 4.78 is 27.1. The van der Waals surface area contributed by atoms with Gasteiger partial charge in [0.15, 0.2) is 0 Å². The molecule has 0 aromatic heterocycles. The first kappa shape index (κ1) is 10.8. The Morgan fingerprint density at radius 2 is 2.00 bits per heavy atom. The SMILES string of the molecule is O=C(O)[C@@H]1CCCN1S(=O)(=O)NC1CC1. The van der Waals surface area contributed by atoms with Crippen molar-refractivity contribution < 1.29 is 18.3 Å². The van der Waals surface area contributed by atoms with E-state index >= 15 is 0 Å². The van der Waals surface area contributed by atoms with Crippen molar-refractivity contribution in [2.24, 2.45) is 0 Å². The van der Waals surface area contributed by atoms with E-state index in [0.717, 1.165) is 17.1 Å². The first-order chi connectivity index (χ1) is 7.00. The number of aliphatic carboxylic acids is 1. The zero-order valence-electron chi connectivity index (χ0n) is 8.22. The lowest BCUT2D eigenvalue weighted by Crippen LogP contribution is -2.47. The van der Waals surface area contributed by atoms with Crippen molar-refractivity contribution >= 4 is 16.2 Å². The molecule has 2 fully saturated rings. The summed E-state index contributed by atoms with van der Waals surface area (Å²) in [5, 5.41) is 8.86. The summed E-state index contributed by atoms with van der Waals surface area (Å²) >= 11 is 0. The Hall–Kier alpha value is -0.660. The van der Waals surface area contributed by atoms with Crippen molar-refractivity contribution in [2.75, 3.05) is 6.54 Å². The smallest absolute Gasteiger partial charge is 0.322 e. The second kappa shape index (κ2) is 3.73. The lowest BCUT2D eigenvalue weighted by molar-refractivity contribution is -0.140. The zero-order chi connectivity index (χ0) is 11.1. The highest BCUT2D eigenvalue weighted by molar-refractivity contribution is 7.87. The van der Waals surface area contributed by atoms with E-state index in [1.54, 1.807) is 0 Å². The van der Waals surface area contributed by atoms with Gasteiger partial charge in [-0.25, -0.2) is 0 Å². The van der Waals surface area contributed by atoms with Gasteiger partial charge in [-0.05, 0) is 25.7 Å². The molecule has 1 atom stereocenters. The normalized spacial score (nSPS) is 28.1. The lowest BCUT2D eigenvalue weighted by atomic mass is 10.2. The first-order valence-electron chi connectivity index (χ1n) is 5.02. The van der Waals surface area contributed by atoms with Crippen LogP contribution >= 0.6 is 0 Å². The topological polar surface area (TPSA) is 86.7 Å². The quantitative estimate of drug-likeness (QED) is 0.688. The van der Waals surface area contributed by atoms with Crippen LogP contribution in [0.2, 0.25) is 0 Å². The standard InChI is InChI=1S/C8H14N2O4S/c11-8(12)7-2-1-5-10(7)15(13,14)9-6-3-4-6/h6-7,9H,1-5H2,(H,11,12)/t7-/m0/s1. The molecule has 2 N–H and O–H groups in total. The molecule has 0 spiro atoms. The fraction of sp³-hybridized carbons (Fsp3) is 0.875. The maximum Gasteiger partial charge on any atom is 0.322 e. The minimum Gasteiger partial charge on any atom is -0.480 e. The van der Waals surface area contributed by atoms with Gasteiger partial charge in [0.1, 0.15) is 6.04 Å². The van der Waals surface area contributed by atoms with Gasteiger partial charge in [0.2, 0.25) is 0 Å². The van der Waals surface area contributed by atoms with Crippen LogP contribution in [-0.4, -0.2) is 42.4 Å². The molecular formula is C8H14N2O4S. The van der Waals surface area contributed by atoms with Gasteiger partial charge in [-0.1, -0.05) is 0 Å². The maximum atomic E-state index is 11.7. The Balaban J connectivity index is 2.10. The number of hydrogen-bond donors (Lipinski definition) is 2. The van der Waals surface area contributed by atoms with E-state index < -0.39 is 22.2 Å². The van der Waals surface area contributed by atoms with Crippen LogP contribution in [0.3, 0.4) is 0 Å². The van der Waals surface area contributed by atoms with Gasteiger partial charge < -0.3 is 5.11 Å². The first-order valence-corrected chi connectivity index (χ1v) is 6.46. The minimum absolute atomic E-state index is 0.0186. The highest BCUT2D eigenvalue weighted by Crippen LogP contribution is 2.24. The molecule has 2 aliphatic rings. The molecule has 2 rings (SSSR count). The second-order valence-electron chi connectivity index (χ2n) is 4.00. The van der Waals surface area contributed by atoms with E-state index in [1.165, 1.54) is 0 Å². The highest BCUT2D eigenvalue weighted by atomic mass is 32.2. The van der Waals surface area contributed by atoms with Crippen LogP contribution in [0.4, 0.5) is 0 Å². The van der Waals surface area contributed by atoms with Gasteiger partial charge in [0, 0.05) is 12.6 Å². The van der Waals surface area contributed by atoms with E-state index in [0.29, 0.717) is 19.4 Å². The molecule has 0 unspecified atom stereocenters. The van der Waals surface area contributed by atoms with Crippen molar-refractivity contribution in [2.45, 2.75) is 37.8 Å². The van der Waals surface area contributed by atoms with Crippen LogP contribution in [-0.2, 0) is 15.0 Å². The molecule has 1 aliphatic heterocycles. The van der Waals surface area contributed by atoms with E-state index in [1.807, 2.05) is 0 Å². The molecule has 0 aromatic rings. The number of carboxylic acid groups (broad SMARTS) is 1. The molecule has 0 bridgehead atoms. The molecule has 6 nitrogen and oxygen atoms in total. The molecule has 0 radical (unpaired) electrons. The summed E-state index contributed by atoms with van der Waals surface area (Å²) in [5.74, 6) is -1.06. The summed E-state index contributed by atoms with van der Waals surface area (Å²) in [6, 6.07) is -0.869. The van der Waals surface area contributed by atoms with E-state index in [4.69, 9.17) is 5.11 Å². The predicted octanol–water partition coefficient (Wildman–Crippen LogP) is -0.468. The van der Waals surface area contributed by atoms with E-state index in [9.17, 15) is 13.2 Å². The fourth-order valence-corrected chi connectivity index (χ4v) is 3.45. The average Bonchev–Trinajstić information content (AvgIpc) is 2.80. The van der Waals surface area contributed by atoms with Gasteiger partial charge in [-0.15, -0.1) is 0 Å². The van der Waals surface area contributed by atoms with Gasteiger partial charge in [-0.3, -0.25) is 4.79 Å². The molecule has 1 aliphatic carbocycles. The number of nitrogens with one attached hydrogen (secondary N) is 1. The number of hydrogen-bond acceptors (Lipinski definition) is 3. The van der Waals surface area contributed by atoms with Crippen molar-refractivity contribution in [3.8, 4) is 0 Å². The maximum absolute atomic E-state index is 11.7. The molecule has 86 valence electrons. The van der Waals surface area contributed by atoms with Crippen molar-refractivity contribution in [1.82, 2.24) is 9.03 Å². The number of carbonyl (C=O) groups is 1. The van der Waals surface area contributed by atoms with Gasteiger partial charge in [0.25, 0.3) is 10.2 Å². The summed E-state index contributed by atoms with van der Waals surface area (Å²) in [5.41, 5.74) is 0. The molecule has 1 saturated heterocycles. The average molecular weight is 234 g/mol. The summed E-state index contributed by atoms with van der Waals surface area (Å²) in [6.07, 6.45) is 2.72. The van der Waals surface area contributed by atoms with Crippen molar-refractivity contribution in [1.29, 1.82) is 0 Å². The Labute approximate surface area is 88.4 Å². The van der Waals surface area contributed by atoms with Gasteiger partial charge in [-0.2, -0.15) is 17.4 Å². The fourth-order valence-electron chi connectivity index (χ4n) is 1.75. The Kier molecular flexibility index (Phi) is 2.70. The molecular weight excluding hydrogens is 220 g/mol. The van der Waals surface area contributed by atoms with Crippen LogP contribution in [0.15, 0.2) is 0 Å². The summed E-state index contributed by atoms with van der Waals surface area (Å²) in [7, 11) is -3.59. The molecule has 0 amide bonds. The van der Waals surface area contributed by atoms with Crippen molar-refractivity contribution in [3.63, 3.8) is 0 Å². The van der Waals surface area contributed by atoms with Crippen LogP contribution < -0.4 is 4.72 Å². The summed E-state index contributed by atoms with van der Waals surface area (Å²) in [4.78, 5) is 10.8. The molecule has 7 heteroatoms. The van der Waals surface area contributed by atoms with E-state index in [2.05, 4.69) is 4.72 Å². The zero-order valence-corrected chi connectivity index (χ0v) is 9.03. The number of carboxylic acids is 1. The Morgan fingerprint density at radius 1 is 1.33 bits per heavy atom. The second-order valence-corrected chi connectivity index (χ2v) is 5.66. The third kappa shape index (κ3) is 2.30. The largest absolute Gasteiger partial charge is 0.480 e. The van der Waals surface area contributed by atoms with Crippen LogP contribution in [0.1, 0.15) is 25.7 Å². The molecule has 1 heterocycles. The highest BCUT2D eigenvalue weighted by Gasteiger charge is 2.40. The van der Waals surface area contributed by atoms with Crippen LogP contribution in [0.25, 0.3) is 0 Å². The third-order valence-corrected chi connectivity index (χ3v) is 4.38. The molecule has 15 heavy (non-hydrogen) atoms. The minimum atomic E-state index is -3.59. The third-order valence-electron chi connectivity index (χ3n) is 2.69. The predicted molar refractivity (Wildman–Crippen MR) is 52.4 cm³/mol. The van der Waals surface area contributed by atoms with Crippen molar-refractivity contribution in [3.05, 3.63) is 0 Å². The van der Waals surface area contributed by atoms with Gasteiger partial charge >= 0.3 is 5.97 Å².